The summed E-state index contributed by atoms with van der Waals surface area (Å²) in [5.74, 6) is 0. The van der Waals surface area contributed by atoms with Gasteiger partial charge in [0.15, 0.2) is 0 Å². The van der Waals surface area contributed by atoms with Gasteiger partial charge >= 0.3 is 0 Å². The fraction of sp³-hybridized carbons (Fsp3) is 0.250. The molecule has 0 saturated heterocycles. The van der Waals surface area contributed by atoms with Crippen molar-refractivity contribution in [2.24, 2.45) is 5.73 Å². The lowest BCUT2D eigenvalue weighted by molar-refractivity contribution is 0.975. The van der Waals surface area contributed by atoms with E-state index in [1.165, 1.54) is 5.56 Å². The summed E-state index contributed by atoms with van der Waals surface area (Å²) in [6.45, 7) is 0.713. The van der Waals surface area contributed by atoms with E-state index in [2.05, 4.69) is 34.7 Å². The Hall–Kier alpha value is -0.0900. The minimum Gasteiger partial charge on any atom is -0.329 e. The van der Waals surface area contributed by atoms with Crippen molar-refractivity contribution in [1.82, 2.24) is 0 Å². The highest BCUT2D eigenvalue weighted by Gasteiger charge is 2.01. The molecule has 1 atom stereocenters. The van der Waals surface area contributed by atoms with Crippen LogP contribution >= 0.6 is 22.6 Å². The first kappa shape index (κ1) is 8.01. The number of nitrogens with two attached hydrogens (primary N) is 1. The van der Waals surface area contributed by atoms with Crippen LogP contribution in [0, 0.1) is 0 Å². The van der Waals surface area contributed by atoms with E-state index < -0.39 is 0 Å². The molecule has 0 bridgehead atoms. The van der Waals surface area contributed by atoms with E-state index >= 15 is 0 Å². The largest absolute Gasteiger partial charge is 0.329 e. The smallest absolute Gasteiger partial charge is 0.0481 e. The average Bonchev–Trinajstić information content (AvgIpc) is 2.05. The maximum Gasteiger partial charge on any atom is 0.0481 e. The van der Waals surface area contributed by atoms with Crippen LogP contribution < -0.4 is 5.73 Å². The van der Waals surface area contributed by atoms with Gasteiger partial charge in [0.2, 0.25) is 0 Å². The van der Waals surface area contributed by atoms with Crippen molar-refractivity contribution in [3.8, 4) is 0 Å². The predicted octanol–water partition coefficient (Wildman–Crippen LogP) is 2.12. The third-order valence-corrected chi connectivity index (χ3v) is 2.60. The molecule has 0 fully saturated rings. The summed E-state index contributed by atoms with van der Waals surface area (Å²) >= 11 is 2.35. The number of rotatable bonds is 2. The first-order valence-electron chi connectivity index (χ1n) is 3.23. The molecule has 0 aromatic heterocycles. The van der Waals surface area contributed by atoms with Crippen molar-refractivity contribution in [2.75, 3.05) is 6.54 Å². The highest BCUT2D eigenvalue weighted by molar-refractivity contribution is 14.1. The van der Waals surface area contributed by atoms with Crippen LogP contribution in [0.15, 0.2) is 30.3 Å². The molecule has 0 aliphatic heterocycles. The van der Waals surface area contributed by atoms with Crippen molar-refractivity contribution < 1.29 is 0 Å². The third kappa shape index (κ3) is 1.95. The first-order chi connectivity index (χ1) is 4.84. The molecule has 0 aliphatic carbocycles. The van der Waals surface area contributed by atoms with Gasteiger partial charge in [-0.2, -0.15) is 0 Å². The fourth-order valence-electron chi connectivity index (χ4n) is 0.798. The molecule has 2 heteroatoms. The summed E-state index contributed by atoms with van der Waals surface area (Å²) in [5.41, 5.74) is 6.81. The predicted molar refractivity (Wildman–Crippen MR) is 52.3 cm³/mol. The van der Waals surface area contributed by atoms with Gasteiger partial charge < -0.3 is 5.73 Å². The van der Waals surface area contributed by atoms with Crippen LogP contribution in [0.2, 0.25) is 0 Å². The Morgan fingerprint density at radius 2 is 1.90 bits per heavy atom. The van der Waals surface area contributed by atoms with Gasteiger partial charge in [0.05, 0.1) is 0 Å². The van der Waals surface area contributed by atoms with Crippen molar-refractivity contribution in [3.05, 3.63) is 35.9 Å². The van der Waals surface area contributed by atoms with Crippen molar-refractivity contribution in [3.63, 3.8) is 0 Å². The quantitative estimate of drug-likeness (QED) is 0.628. The maximum atomic E-state index is 5.50. The topological polar surface area (TPSA) is 26.0 Å². The first-order valence-corrected chi connectivity index (χ1v) is 4.48. The van der Waals surface area contributed by atoms with Crippen LogP contribution in [0.1, 0.15) is 9.49 Å². The van der Waals surface area contributed by atoms with E-state index in [0.29, 0.717) is 10.5 Å². The van der Waals surface area contributed by atoms with Crippen molar-refractivity contribution >= 4 is 22.6 Å². The van der Waals surface area contributed by atoms with Crippen LogP contribution in [-0.4, -0.2) is 6.54 Å². The molecule has 0 saturated carbocycles. The fourth-order valence-corrected chi connectivity index (χ4v) is 1.21. The molecule has 1 unspecified atom stereocenters. The second-order valence-corrected chi connectivity index (χ2v) is 3.62. The lowest BCUT2D eigenvalue weighted by Crippen LogP contribution is -2.05. The lowest BCUT2D eigenvalue weighted by Gasteiger charge is -2.04. The van der Waals surface area contributed by atoms with E-state index in [4.69, 9.17) is 5.73 Å². The summed E-state index contributed by atoms with van der Waals surface area (Å²) in [7, 11) is 0. The minimum atomic E-state index is 0.457. The van der Waals surface area contributed by atoms with Gasteiger partial charge in [-0.25, -0.2) is 0 Å². The van der Waals surface area contributed by atoms with Crippen molar-refractivity contribution in [2.45, 2.75) is 3.92 Å². The molecular weight excluding hydrogens is 237 g/mol. The van der Waals surface area contributed by atoms with E-state index in [-0.39, 0.29) is 0 Å². The van der Waals surface area contributed by atoms with Gasteiger partial charge in [-0.15, -0.1) is 0 Å². The van der Waals surface area contributed by atoms with Gasteiger partial charge in [-0.05, 0) is 5.56 Å². The Balaban J connectivity index is 2.75. The maximum absolute atomic E-state index is 5.50. The van der Waals surface area contributed by atoms with Gasteiger partial charge in [-0.3, -0.25) is 0 Å². The lowest BCUT2D eigenvalue weighted by atomic mass is 10.2. The Bertz CT molecular complexity index is 186. The van der Waals surface area contributed by atoms with Gasteiger partial charge in [0.1, 0.15) is 0 Å². The Morgan fingerprint density at radius 1 is 1.30 bits per heavy atom. The van der Waals surface area contributed by atoms with Crippen LogP contribution in [0.5, 0.6) is 0 Å². The van der Waals surface area contributed by atoms with E-state index in [0.717, 1.165) is 0 Å². The van der Waals surface area contributed by atoms with Gasteiger partial charge in [-0.1, -0.05) is 52.9 Å². The van der Waals surface area contributed by atoms with Crippen molar-refractivity contribution in [1.29, 1.82) is 0 Å². The van der Waals surface area contributed by atoms with Crippen LogP contribution in [0.4, 0.5) is 0 Å². The molecule has 2 N–H and O–H groups in total. The normalized spacial score (nSPS) is 13.0. The van der Waals surface area contributed by atoms with E-state index in [1.807, 2.05) is 18.2 Å². The molecule has 1 rings (SSSR count). The van der Waals surface area contributed by atoms with Crippen LogP contribution in [0.25, 0.3) is 0 Å². The second-order valence-electron chi connectivity index (χ2n) is 2.11. The standard InChI is InChI=1S/C8H10IN/c9-8(6-10)7-4-2-1-3-5-7/h1-5,8H,6,10H2. The Kier molecular flexibility index (Phi) is 3.15. The number of hydrogen-bond acceptors (Lipinski definition) is 1. The molecule has 1 aromatic rings. The third-order valence-electron chi connectivity index (χ3n) is 1.37. The zero-order chi connectivity index (χ0) is 7.40. The number of alkyl halides is 1. The highest BCUT2D eigenvalue weighted by atomic mass is 127. The Labute approximate surface area is 74.8 Å². The second kappa shape index (κ2) is 3.93. The highest BCUT2D eigenvalue weighted by Crippen LogP contribution is 2.20. The number of hydrogen-bond donors (Lipinski definition) is 1. The molecule has 0 radical (unpaired) electrons. The monoisotopic (exact) mass is 247 g/mol. The summed E-state index contributed by atoms with van der Waals surface area (Å²) in [6.07, 6.45) is 0. The molecular formula is C8H10IN. The van der Waals surface area contributed by atoms with E-state index in [9.17, 15) is 0 Å². The molecule has 0 aliphatic rings. The SMILES string of the molecule is NCC(I)c1ccccc1. The molecule has 0 spiro atoms. The average molecular weight is 247 g/mol. The Morgan fingerprint density at radius 3 is 2.40 bits per heavy atom. The molecule has 1 aromatic carbocycles. The summed E-state index contributed by atoms with van der Waals surface area (Å²) in [5, 5.41) is 0. The van der Waals surface area contributed by atoms with Crippen LogP contribution in [-0.2, 0) is 0 Å². The molecule has 0 amide bonds. The van der Waals surface area contributed by atoms with Gasteiger partial charge in [0.25, 0.3) is 0 Å². The van der Waals surface area contributed by atoms with Crippen LogP contribution in [0.3, 0.4) is 0 Å². The summed E-state index contributed by atoms with van der Waals surface area (Å²) in [4.78, 5) is 0. The number of halogens is 1. The van der Waals surface area contributed by atoms with E-state index in [1.54, 1.807) is 0 Å². The molecule has 1 nitrogen and oxygen atoms in total. The summed E-state index contributed by atoms with van der Waals surface area (Å²) < 4.78 is 0.457. The molecule has 54 valence electrons. The molecule has 0 heterocycles. The zero-order valence-electron chi connectivity index (χ0n) is 5.63. The van der Waals surface area contributed by atoms with Gasteiger partial charge in [0, 0.05) is 10.5 Å². The number of benzene rings is 1. The zero-order valence-corrected chi connectivity index (χ0v) is 7.78. The minimum absolute atomic E-state index is 0.457. The molecule has 10 heavy (non-hydrogen) atoms. The summed E-state index contributed by atoms with van der Waals surface area (Å²) in [6, 6.07) is 10.3.